The Morgan fingerprint density at radius 1 is 1.29 bits per heavy atom. The molecule has 0 saturated carbocycles. The molecule has 0 aliphatic carbocycles. The zero-order valence-electron chi connectivity index (χ0n) is 15.9. The van der Waals surface area contributed by atoms with Crippen LogP contribution < -0.4 is 0 Å². The molecule has 3 heterocycles. The van der Waals surface area contributed by atoms with E-state index < -0.39 is 0 Å². The Morgan fingerprint density at radius 2 is 2.04 bits per heavy atom. The third-order valence-corrected chi connectivity index (χ3v) is 5.73. The first-order valence-corrected chi connectivity index (χ1v) is 9.80. The average Bonchev–Trinajstić information content (AvgIpc) is 3.35. The molecule has 1 aromatic carbocycles. The van der Waals surface area contributed by atoms with E-state index in [0.29, 0.717) is 17.9 Å². The lowest BCUT2D eigenvalue weighted by molar-refractivity contribution is 0.0790. The van der Waals surface area contributed by atoms with Crippen molar-refractivity contribution in [3.05, 3.63) is 64.3 Å². The van der Waals surface area contributed by atoms with E-state index in [-0.39, 0.29) is 11.7 Å². The number of imidazole rings is 1. The van der Waals surface area contributed by atoms with Crippen LogP contribution in [-0.4, -0.2) is 44.0 Å². The summed E-state index contributed by atoms with van der Waals surface area (Å²) in [6, 6.07) is 6.18. The third-order valence-electron chi connectivity index (χ3n) is 4.89. The SMILES string of the molecule is Cc1n[nH]c(C)c1CCN(C)C(=O)c1csc2nc(-c3ccc(F)cc3)cn12. The molecular formula is C20H20FN5OS. The van der Waals surface area contributed by atoms with Gasteiger partial charge in [0, 0.05) is 36.4 Å². The van der Waals surface area contributed by atoms with E-state index in [2.05, 4.69) is 15.2 Å². The fourth-order valence-electron chi connectivity index (χ4n) is 3.22. The van der Waals surface area contributed by atoms with Gasteiger partial charge >= 0.3 is 0 Å². The highest BCUT2D eigenvalue weighted by molar-refractivity contribution is 7.15. The van der Waals surface area contributed by atoms with Crippen LogP contribution in [0.4, 0.5) is 4.39 Å². The van der Waals surface area contributed by atoms with Gasteiger partial charge in [-0.25, -0.2) is 9.37 Å². The van der Waals surface area contributed by atoms with Crippen molar-refractivity contribution in [3.63, 3.8) is 0 Å². The van der Waals surface area contributed by atoms with Gasteiger partial charge in [0.15, 0.2) is 4.96 Å². The van der Waals surface area contributed by atoms with Gasteiger partial charge in [0.25, 0.3) is 5.91 Å². The number of aromatic nitrogens is 4. The van der Waals surface area contributed by atoms with Gasteiger partial charge in [-0.05, 0) is 50.1 Å². The molecule has 0 spiro atoms. The molecule has 1 amide bonds. The van der Waals surface area contributed by atoms with Crippen LogP contribution in [0.1, 0.15) is 27.4 Å². The second-order valence-corrected chi connectivity index (χ2v) is 7.63. The average molecular weight is 397 g/mol. The molecule has 144 valence electrons. The number of H-pyrrole nitrogens is 1. The van der Waals surface area contributed by atoms with Gasteiger partial charge < -0.3 is 4.90 Å². The first-order valence-electron chi connectivity index (χ1n) is 8.92. The molecule has 0 aliphatic rings. The second-order valence-electron chi connectivity index (χ2n) is 6.80. The van der Waals surface area contributed by atoms with E-state index in [9.17, 15) is 9.18 Å². The smallest absolute Gasteiger partial charge is 0.271 e. The maximum atomic E-state index is 13.2. The summed E-state index contributed by atoms with van der Waals surface area (Å²) < 4.78 is 15.0. The molecule has 0 radical (unpaired) electrons. The van der Waals surface area contributed by atoms with Crippen molar-refractivity contribution < 1.29 is 9.18 Å². The predicted octanol–water partition coefficient (Wildman–Crippen LogP) is 3.86. The van der Waals surface area contributed by atoms with Crippen LogP contribution in [-0.2, 0) is 6.42 Å². The Bertz CT molecular complexity index is 1120. The van der Waals surface area contributed by atoms with Crippen LogP contribution in [0.2, 0.25) is 0 Å². The van der Waals surface area contributed by atoms with Gasteiger partial charge in [0.2, 0.25) is 0 Å². The lowest BCUT2D eigenvalue weighted by Crippen LogP contribution is -2.29. The van der Waals surface area contributed by atoms with Crippen molar-refractivity contribution in [2.45, 2.75) is 20.3 Å². The molecule has 0 fully saturated rings. The molecular weight excluding hydrogens is 377 g/mol. The van der Waals surface area contributed by atoms with E-state index in [1.54, 1.807) is 28.5 Å². The molecule has 0 aliphatic heterocycles. The van der Waals surface area contributed by atoms with Crippen LogP contribution in [0.3, 0.4) is 0 Å². The number of carbonyl (C=O) groups excluding carboxylic acids is 1. The highest BCUT2D eigenvalue weighted by atomic mass is 32.1. The molecule has 1 N–H and O–H groups in total. The summed E-state index contributed by atoms with van der Waals surface area (Å²) in [5, 5.41) is 9.00. The number of carbonyl (C=O) groups is 1. The molecule has 28 heavy (non-hydrogen) atoms. The van der Waals surface area contributed by atoms with E-state index in [1.165, 1.54) is 23.5 Å². The number of halogens is 1. The summed E-state index contributed by atoms with van der Waals surface area (Å²) in [4.78, 5) is 20.0. The van der Waals surface area contributed by atoms with Gasteiger partial charge in [0.1, 0.15) is 11.5 Å². The largest absolute Gasteiger partial charge is 0.340 e. The lowest BCUT2D eigenvalue weighted by Gasteiger charge is -2.16. The maximum absolute atomic E-state index is 13.2. The van der Waals surface area contributed by atoms with E-state index in [0.717, 1.165) is 33.9 Å². The Morgan fingerprint density at radius 3 is 2.71 bits per heavy atom. The number of nitrogens with zero attached hydrogens (tertiary/aromatic N) is 4. The number of hydrogen-bond donors (Lipinski definition) is 1. The van der Waals surface area contributed by atoms with Crippen LogP contribution >= 0.6 is 11.3 Å². The number of likely N-dealkylation sites (N-methyl/N-ethyl adjacent to an activating group) is 1. The molecule has 0 bridgehead atoms. The fourth-order valence-corrected chi connectivity index (χ4v) is 4.06. The molecule has 4 aromatic rings. The number of aromatic amines is 1. The number of nitrogens with one attached hydrogen (secondary N) is 1. The van der Waals surface area contributed by atoms with Gasteiger partial charge in [0.05, 0.1) is 11.4 Å². The van der Waals surface area contributed by atoms with E-state index in [4.69, 9.17) is 0 Å². The number of thiazole rings is 1. The Balaban J connectivity index is 1.54. The summed E-state index contributed by atoms with van der Waals surface area (Å²) in [6.45, 7) is 4.55. The van der Waals surface area contributed by atoms with Gasteiger partial charge in [-0.2, -0.15) is 5.10 Å². The number of rotatable bonds is 5. The minimum Gasteiger partial charge on any atom is -0.340 e. The third kappa shape index (κ3) is 3.31. The van der Waals surface area contributed by atoms with E-state index >= 15 is 0 Å². The number of hydrogen-bond acceptors (Lipinski definition) is 4. The zero-order chi connectivity index (χ0) is 19.8. The molecule has 8 heteroatoms. The van der Waals surface area contributed by atoms with Crippen LogP contribution in [0.25, 0.3) is 16.2 Å². The Hall–Kier alpha value is -3.00. The molecule has 4 rings (SSSR count). The van der Waals surface area contributed by atoms with Crippen molar-refractivity contribution in [1.29, 1.82) is 0 Å². The standard InChI is InChI=1S/C20H20FN5OS/c1-12-16(13(2)24-23-12)8-9-25(3)19(27)18-11-28-20-22-17(10-26(18)20)14-4-6-15(21)7-5-14/h4-7,10-11H,8-9H2,1-3H3,(H,23,24). The van der Waals surface area contributed by atoms with Crippen LogP contribution in [0, 0.1) is 19.7 Å². The highest BCUT2D eigenvalue weighted by Gasteiger charge is 2.19. The molecule has 0 saturated heterocycles. The fraction of sp³-hybridized carbons (Fsp3) is 0.250. The van der Waals surface area contributed by atoms with E-state index in [1.807, 2.05) is 25.4 Å². The summed E-state index contributed by atoms with van der Waals surface area (Å²) in [5.74, 6) is -0.349. The predicted molar refractivity (Wildman–Crippen MR) is 107 cm³/mol. The second kappa shape index (κ2) is 7.20. The maximum Gasteiger partial charge on any atom is 0.271 e. The topological polar surface area (TPSA) is 66.3 Å². The molecule has 3 aromatic heterocycles. The number of fused-ring (bicyclic) bond motifs is 1. The van der Waals surface area contributed by atoms with Crippen molar-refractivity contribution >= 4 is 22.2 Å². The minimum absolute atomic E-state index is 0.0619. The lowest BCUT2D eigenvalue weighted by atomic mass is 10.1. The van der Waals surface area contributed by atoms with Crippen LogP contribution in [0.15, 0.2) is 35.8 Å². The number of amides is 1. The quantitative estimate of drug-likeness (QED) is 0.556. The van der Waals surface area contributed by atoms with Crippen molar-refractivity contribution in [2.75, 3.05) is 13.6 Å². The van der Waals surface area contributed by atoms with Gasteiger partial charge in [-0.1, -0.05) is 0 Å². The highest BCUT2D eigenvalue weighted by Crippen LogP contribution is 2.24. The Kier molecular flexibility index (Phi) is 4.72. The molecule has 0 atom stereocenters. The van der Waals surface area contributed by atoms with Gasteiger partial charge in [-0.15, -0.1) is 11.3 Å². The van der Waals surface area contributed by atoms with Crippen molar-refractivity contribution in [3.8, 4) is 11.3 Å². The normalized spacial score (nSPS) is 11.3. The zero-order valence-corrected chi connectivity index (χ0v) is 16.7. The summed E-state index contributed by atoms with van der Waals surface area (Å²) in [5.41, 5.74) is 5.26. The molecule has 6 nitrogen and oxygen atoms in total. The minimum atomic E-state index is -0.287. The summed E-state index contributed by atoms with van der Waals surface area (Å²) in [7, 11) is 1.80. The van der Waals surface area contributed by atoms with Crippen molar-refractivity contribution in [2.24, 2.45) is 0 Å². The number of benzene rings is 1. The summed E-state index contributed by atoms with van der Waals surface area (Å²) in [6.07, 6.45) is 2.57. The van der Waals surface area contributed by atoms with Gasteiger partial charge in [-0.3, -0.25) is 14.3 Å². The first-order chi connectivity index (χ1) is 13.4. The monoisotopic (exact) mass is 397 g/mol. The first kappa shape index (κ1) is 18.4. The number of aryl methyl sites for hydroxylation is 2. The van der Waals surface area contributed by atoms with Crippen LogP contribution in [0.5, 0.6) is 0 Å². The Labute approximate surface area is 165 Å². The molecule has 0 unspecified atom stereocenters. The summed E-state index contributed by atoms with van der Waals surface area (Å²) >= 11 is 1.41. The van der Waals surface area contributed by atoms with Crippen molar-refractivity contribution in [1.82, 2.24) is 24.5 Å².